The topological polar surface area (TPSA) is 21.3 Å². The fourth-order valence-electron chi connectivity index (χ4n) is 1.19. The van der Waals surface area contributed by atoms with Crippen molar-refractivity contribution in [2.24, 2.45) is 0 Å². The summed E-state index contributed by atoms with van der Waals surface area (Å²) in [6.07, 6.45) is -13.6. The van der Waals surface area contributed by atoms with Crippen molar-refractivity contribution < 1.29 is 41.2 Å². The quantitative estimate of drug-likeness (QED) is 0.847. The average Bonchev–Trinajstić information content (AvgIpc) is 2.75. The third-order valence-electron chi connectivity index (χ3n) is 2.06. The molecule has 0 heterocycles. The summed E-state index contributed by atoms with van der Waals surface area (Å²) in [5, 5.41) is 1.25. The molecule has 0 aromatic heterocycles. The summed E-state index contributed by atoms with van der Waals surface area (Å²) in [6, 6.07) is -13.0. The van der Waals surface area contributed by atoms with E-state index >= 15 is 0 Å². The number of nitrogens with one attached hydrogen (secondary N) is 1. The highest BCUT2D eigenvalue weighted by Gasteiger charge is 2.30. The Morgan fingerprint density at radius 2 is 1.91 bits per heavy atom. The van der Waals surface area contributed by atoms with E-state index in [0.717, 1.165) is 0 Å². The van der Waals surface area contributed by atoms with Crippen LogP contribution in [0.4, 0.5) is 13.2 Å². The molecule has 0 bridgehead atoms. The normalized spacial score (nSPS) is 27.3. The van der Waals surface area contributed by atoms with Crippen LogP contribution in [0.5, 0.6) is 5.75 Å². The van der Waals surface area contributed by atoms with Crippen LogP contribution in [0.15, 0.2) is 54.4 Å². The van der Waals surface area contributed by atoms with Crippen LogP contribution in [0.25, 0.3) is 0 Å². The molecule has 0 aliphatic rings. The summed E-state index contributed by atoms with van der Waals surface area (Å²) >= 11 is 0. The Morgan fingerprint density at radius 3 is 2.50 bits per heavy atom. The van der Waals surface area contributed by atoms with Crippen molar-refractivity contribution in [3.8, 4) is 5.75 Å². The van der Waals surface area contributed by atoms with Gasteiger partial charge < -0.3 is 10.1 Å². The molecule has 0 saturated heterocycles. The Bertz CT molecular complexity index is 1250. The summed E-state index contributed by atoms with van der Waals surface area (Å²) in [4.78, 5) is 0. The molecule has 0 saturated carbocycles. The maximum absolute atomic E-state index is 13.4. The van der Waals surface area contributed by atoms with Crippen LogP contribution in [0, 0.1) is 0 Å². The van der Waals surface area contributed by atoms with Crippen molar-refractivity contribution >= 4 is 0 Å². The van der Waals surface area contributed by atoms with Gasteiger partial charge in [-0.25, -0.2) is 0 Å². The molecular weight excluding hydrogens is 291 g/mol. The molecule has 0 aliphatic carbocycles. The molecule has 0 aliphatic heterocycles. The maximum Gasteiger partial charge on any atom is 0.416 e. The number of alkyl halides is 3. The largest absolute Gasteiger partial charge is 0.486 e. The molecule has 0 amide bonds. The minimum atomic E-state index is -5.42. The zero-order valence-electron chi connectivity index (χ0n) is 27.5. The Morgan fingerprint density at radius 1 is 1.23 bits per heavy atom. The first-order chi connectivity index (χ1) is 17.2. The predicted molar refractivity (Wildman–Crippen MR) is 79.8 cm³/mol. The standard InChI is InChI=1S/C17H18F3NO/c1-21-12-11-16(13-5-3-2-4-6-13)22-15-9-7-14(8-10-15)17(18,19)20/h2-10,16,21H,11-12H2,1H3/t16-/m0/s1/i1D3,2D,3D,4D,5D,6D,7D,8D,9D,10D,11D2,12D2,16D. The van der Waals surface area contributed by atoms with Gasteiger partial charge in [-0.2, -0.15) is 13.2 Å². The highest BCUT2D eigenvalue weighted by atomic mass is 19.4. The van der Waals surface area contributed by atoms with Gasteiger partial charge in [0.15, 0.2) is 0 Å². The molecule has 118 valence electrons. The Hall–Kier alpha value is -2.01. The summed E-state index contributed by atoms with van der Waals surface area (Å²) < 4.78 is 179. The van der Waals surface area contributed by atoms with E-state index in [9.17, 15) is 13.2 Å². The minimum absolute atomic E-state index is 1.06. The highest BCUT2D eigenvalue weighted by Crippen LogP contribution is 2.31. The van der Waals surface area contributed by atoms with Gasteiger partial charge in [0.05, 0.1) is 19.3 Å². The lowest BCUT2D eigenvalue weighted by molar-refractivity contribution is -0.137. The molecule has 2 aromatic carbocycles. The number of ether oxygens (including phenoxy) is 1. The molecule has 2 aromatic rings. The second kappa shape index (κ2) is 7.31. The first-order valence-electron chi connectivity index (χ1n) is 14.0. The monoisotopic (exact) mass is 326 g/mol. The van der Waals surface area contributed by atoms with Crippen LogP contribution in [0.1, 0.15) is 46.9 Å². The first-order valence-corrected chi connectivity index (χ1v) is 5.48. The lowest BCUT2D eigenvalue weighted by Gasteiger charge is -2.20. The summed E-state index contributed by atoms with van der Waals surface area (Å²) in [5.74, 6) is -1.58. The molecule has 0 radical (unpaired) electrons. The lowest BCUT2D eigenvalue weighted by atomic mass is 10.1. The zero-order chi connectivity index (χ0) is 30.8. The highest BCUT2D eigenvalue weighted by molar-refractivity contribution is 5.30. The van der Waals surface area contributed by atoms with Crippen molar-refractivity contribution in [3.05, 3.63) is 65.5 Å². The lowest BCUT2D eigenvalue weighted by Crippen LogP contribution is -2.16. The van der Waals surface area contributed by atoms with E-state index in [2.05, 4.69) is 0 Å². The molecule has 1 atom stereocenters. The van der Waals surface area contributed by atoms with Crippen molar-refractivity contribution in [2.45, 2.75) is 18.6 Å². The van der Waals surface area contributed by atoms with Gasteiger partial charge in [-0.15, -0.1) is 0 Å². The molecular formula is C17H18F3NO. The molecule has 2 rings (SSSR count). The molecule has 1 N–H and O–H groups in total. The van der Waals surface area contributed by atoms with Gasteiger partial charge in [-0.05, 0) is 43.2 Å². The third-order valence-corrected chi connectivity index (χ3v) is 2.06. The van der Waals surface area contributed by atoms with Gasteiger partial charge in [0.2, 0.25) is 0 Å². The minimum Gasteiger partial charge on any atom is -0.486 e. The number of halogens is 3. The molecule has 0 fully saturated rings. The number of rotatable bonds is 6. The van der Waals surface area contributed by atoms with E-state index in [-0.39, 0.29) is 0 Å². The molecule has 2 nitrogen and oxygen atoms in total. The second-order valence-corrected chi connectivity index (χ2v) is 3.51. The fourth-order valence-corrected chi connectivity index (χ4v) is 1.19. The van der Waals surface area contributed by atoms with Crippen molar-refractivity contribution in [1.82, 2.24) is 5.32 Å². The van der Waals surface area contributed by atoms with E-state index in [0.29, 0.717) is 0 Å². The molecule has 0 spiro atoms. The van der Waals surface area contributed by atoms with Crippen LogP contribution in [-0.4, -0.2) is 13.5 Å². The fraction of sp³-hybridized carbons (Fsp3) is 0.294. The number of hydrogen-bond acceptors (Lipinski definition) is 2. The van der Waals surface area contributed by atoms with Gasteiger partial charge in [-0.1, -0.05) is 30.2 Å². The number of benzene rings is 2. The van der Waals surface area contributed by atoms with Crippen LogP contribution in [0.3, 0.4) is 0 Å². The summed E-state index contributed by atoms with van der Waals surface area (Å²) in [6.45, 7) is -7.34. The average molecular weight is 326 g/mol. The zero-order valence-corrected chi connectivity index (χ0v) is 10.5. The van der Waals surface area contributed by atoms with E-state index in [1.165, 1.54) is 5.32 Å². The third kappa shape index (κ3) is 4.49. The molecule has 22 heavy (non-hydrogen) atoms. The van der Waals surface area contributed by atoms with Gasteiger partial charge in [0.25, 0.3) is 0 Å². The smallest absolute Gasteiger partial charge is 0.416 e. The van der Waals surface area contributed by atoms with Crippen molar-refractivity contribution in [1.29, 1.82) is 0 Å². The molecule has 5 heteroatoms. The predicted octanol–water partition coefficient (Wildman–Crippen LogP) is 4.44. The van der Waals surface area contributed by atoms with E-state index in [1.807, 2.05) is 0 Å². The van der Waals surface area contributed by atoms with Crippen LogP contribution < -0.4 is 10.1 Å². The summed E-state index contributed by atoms with van der Waals surface area (Å²) in [5.41, 5.74) is -3.54. The van der Waals surface area contributed by atoms with Crippen LogP contribution in [0.2, 0.25) is 0 Å². The van der Waals surface area contributed by atoms with Crippen molar-refractivity contribution in [3.63, 3.8) is 0 Å². The Labute approximate surface area is 151 Å². The van der Waals surface area contributed by atoms with E-state index < -0.39 is 103 Å². The molecule has 0 unspecified atom stereocenters. The first kappa shape index (κ1) is 4.99. The summed E-state index contributed by atoms with van der Waals surface area (Å²) in [7, 11) is 0. The van der Waals surface area contributed by atoms with E-state index in [1.54, 1.807) is 0 Å². The van der Waals surface area contributed by atoms with Gasteiger partial charge >= 0.3 is 6.18 Å². The Balaban J connectivity index is 3.09. The number of hydrogen-bond donors (Lipinski definition) is 1. The van der Waals surface area contributed by atoms with Gasteiger partial charge in [0, 0.05) is 16.0 Å². The van der Waals surface area contributed by atoms with Crippen molar-refractivity contribution in [2.75, 3.05) is 13.5 Å². The Kier molecular flexibility index (Phi) is 1.66. The maximum atomic E-state index is 13.4. The van der Waals surface area contributed by atoms with E-state index in [4.69, 9.17) is 28.0 Å². The second-order valence-electron chi connectivity index (χ2n) is 3.51. The van der Waals surface area contributed by atoms with Crippen LogP contribution in [-0.2, 0) is 6.18 Å². The van der Waals surface area contributed by atoms with Gasteiger partial charge in [0.1, 0.15) is 11.8 Å². The van der Waals surface area contributed by atoms with Crippen LogP contribution >= 0.6 is 0 Å². The van der Waals surface area contributed by atoms with Gasteiger partial charge in [-0.3, -0.25) is 0 Å². The SMILES string of the molecule is [2H]c1c([2H])c([2H])c([C@@]([2H])(Oc2c([2H])c([2H])c(C(F)(F)F)c([2H])c2[2H])C([2H])([2H])C([2H])([2H])NC([2H])([2H])[2H])c([2H])c1[2H].